The number of hydrogen-bond donors (Lipinski definition) is 1. The molecule has 0 atom stereocenters. The van der Waals surface area contributed by atoms with Crippen molar-refractivity contribution in [2.45, 2.75) is 0 Å². The lowest BCUT2D eigenvalue weighted by atomic mass is 10.1. The highest BCUT2D eigenvalue weighted by Gasteiger charge is 2.09. The zero-order chi connectivity index (χ0) is 18.9. The number of nitrogens with zero attached hydrogens (tertiary/aromatic N) is 1. The molecular formula is C18H17NO7. The Morgan fingerprint density at radius 2 is 1.85 bits per heavy atom. The molecule has 1 N–H and O–H groups in total. The molecule has 0 aliphatic carbocycles. The molecule has 8 heteroatoms. The SMILES string of the molecule is COCCOc1ccc(C=CC(=O)O)c(Oc2ccc([N+](=O)[O-])cc2)c1. The van der Waals surface area contributed by atoms with Gasteiger partial charge in [0.2, 0.25) is 0 Å². The molecule has 0 aliphatic heterocycles. The molecule has 0 unspecified atom stereocenters. The monoisotopic (exact) mass is 359 g/mol. The number of methoxy groups -OCH3 is 1. The van der Waals surface area contributed by atoms with Gasteiger partial charge in [0.25, 0.3) is 5.69 Å². The fraction of sp³-hybridized carbons (Fsp3) is 0.167. The molecule has 0 heterocycles. The second-order valence-corrected chi connectivity index (χ2v) is 5.07. The van der Waals surface area contributed by atoms with Crippen LogP contribution in [0.1, 0.15) is 5.56 Å². The molecule has 0 bridgehead atoms. The van der Waals surface area contributed by atoms with Crippen molar-refractivity contribution in [3.63, 3.8) is 0 Å². The number of non-ortho nitro benzene ring substituents is 1. The largest absolute Gasteiger partial charge is 0.491 e. The summed E-state index contributed by atoms with van der Waals surface area (Å²) < 4.78 is 16.2. The molecule has 2 aromatic carbocycles. The van der Waals surface area contributed by atoms with Crippen molar-refractivity contribution in [2.75, 3.05) is 20.3 Å². The van der Waals surface area contributed by atoms with Gasteiger partial charge >= 0.3 is 5.97 Å². The van der Waals surface area contributed by atoms with E-state index in [1.165, 1.54) is 30.3 Å². The molecule has 0 aliphatic rings. The van der Waals surface area contributed by atoms with Crippen molar-refractivity contribution in [1.82, 2.24) is 0 Å². The Hall–Kier alpha value is -3.39. The van der Waals surface area contributed by atoms with Crippen molar-refractivity contribution in [2.24, 2.45) is 0 Å². The number of carboxylic acids is 1. The summed E-state index contributed by atoms with van der Waals surface area (Å²) >= 11 is 0. The van der Waals surface area contributed by atoms with Crippen LogP contribution in [-0.4, -0.2) is 36.3 Å². The van der Waals surface area contributed by atoms with Crippen molar-refractivity contribution in [1.29, 1.82) is 0 Å². The summed E-state index contributed by atoms with van der Waals surface area (Å²) in [5, 5.41) is 19.5. The molecular weight excluding hydrogens is 342 g/mol. The number of ether oxygens (including phenoxy) is 3. The predicted molar refractivity (Wildman–Crippen MR) is 93.7 cm³/mol. The van der Waals surface area contributed by atoms with Gasteiger partial charge in [0.05, 0.1) is 11.5 Å². The lowest BCUT2D eigenvalue weighted by Gasteiger charge is -2.12. The van der Waals surface area contributed by atoms with Gasteiger partial charge in [0.15, 0.2) is 0 Å². The van der Waals surface area contributed by atoms with E-state index in [0.29, 0.717) is 36.0 Å². The van der Waals surface area contributed by atoms with Gasteiger partial charge in [-0.1, -0.05) is 0 Å². The van der Waals surface area contributed by atoms with Gasteiger partial charge in [0.1, 0.15) is 23.9 Å². The maximum absolute atomic E-state index is 10.8. The van der Waals surface area contributed by atoms with Crippen molar-refractivity contribution in [3.05, 3.63) is 64.2 Å². The van der Waals surface area contributed by atoms with Gasteiger partial charge < -0.3 is 19.3 Å². The minimum Gasteiger partial charge on any atom is -0.491 e. The summed E-state index contributed by atoms with van der Waals surface area (Å²) in [6.45, 7) is 0.761. The summed E-state index contributed by atoms with van der Waals surface area (Å²) in [6, 6.07) is 10.5. The molecule has 0 radical (unpaired) electrons. The van der Waals surface area contributed by atoms with Crippen LogP contribution in [0, 0.1) is 10.1 Å². The van der Waals surface area contributed by atoms with Gasteiger partial charge in [-0.3, -0.25) is 10.1 Å². The van der Waals surface area contributed by atoms with Gasteiger partial charge in [-0.05, 0) is 30.3 Å². The van der Waals surface area contributed by atoms with E-state index < -0.39 is 10.9 Å². The van der Waals surface area contributed by atoms with Crippen LogP contribution in [0.25, 0.3) is 6.08 Å². The van der Waals surface area contributed by atoms with E-state index >= 15 is 0 Å². The second-order valence-electron chi connectivity index (χ2n) is 5.07. The number of carbonyl (C=O) groups is 1. The average molecular weight is 359 g/mol. The van der Waals surface area contributed by atoms with Crippen LogP contribution in [0.4, 0.5) is 5.69 Å². The van der Waals surface area contributed by atoms with Crippen molar-refractivity contribution < 1.29 is 29.0 Å². The fourth-order valence-corrected chi connectivity index (χ4v) is 2.00. The maximum atomic E-state index is 10.8. The molecule has 0 aromatic heterocycles. The zero-order valence-electron chi connectivity index (χ0n) is 14.0. The summed E-state index contributed by atoms with van der Waals surface area (Å²) in [4.78, 5) is 21.0. The van der Waals surface area contributed by atoms with E-state index in [0.717, 1.165) is 6.08 Å². The Morgan fingerprint density at radius 1 is 1.15 bits per heavy atom. The van der Waals surface area contributed by atoms with Crippen LogP contribution in [0.15, 0.2) is 48.5 Å². The van der Waals surface area contributed by atoms with Gasteiger partial charge in [-0.2, -0.15) is 0 Å². The summed E-state index contributed by atoms with van der Waals surface area (Å²) in [7, 11) is 1.56. The second kappa shape index (κ2) is 9.19. The third-order valence-electron chi connectivity index (χ3n) is 3.22. The quantitative estimate of drug-likeness (QED) is 0.316. The van der Waals surface area contributed by atoms with E-state index in [4.69, 9.17) is 19.3 Å². The Morgan fingerprint density at radius 3 is 2.46 bits per heavy atom. The first-order valence-electron chi connectivity index (χ1n) is 7.58. The molecule has 8 nitrogen and oxygen atoms in total. The summed E-state index contributed by atoms with van der Waals surface area (Å²) in [6.07, 6.45) is 2.38. The van der Waals surface area contributed by atoms with E-state index in [-0.39, 0.29) is 5.69 Å². The number of hydrogen-bond acceptors (Lipinski definition) is 6. The smallest absolute Gasteiger partial charge is 0.328 e. The summed E-state index contributed by atoms with van der Waals surface area (Å²) in [5.74, 6) is 0.152. The first kappa shape index (κ1) is 18.9. The van der Waals surface area contributed by atoms with E-state index in [1.54, 1.807) is 25.3 Å². The highest BCUT2D eigenvalue weighted by Crippen LogP contribution is 2.31. The molecule has 0 spiro atoms. The Bertz CT molecular complexity index is 800. The third-order valence-corrected chi connectivity index (χ3v) is 3.22. The van der Waals surface area contributed by atoms with Crippen LogP contribution >= 0.6 is 0 Å². The lowest BCUT2D eigenvalue weighted by Crippen LogP contribution is -2.04. The average Bonchev–Trinajstić information content (AvgIpc) is 2.61. The van der Waals surface area contributed by atoms with Gasteiger partial charge in [-0.25, -0.2) is 4.79 Å². The highest BCUT2D eigenvalue weighted by atomic mass is 16.6. The van der Waals surface area contributed by atoms with Crippen molar-refractivity contribution >= 4 is 17.7 Å². The normalized spacial score (nSPS) is 10.7. The number of aliphatic carboxylic acids is 1. The van der Waals surface area contributed by atoms with E-state index in [2.05, 4.69) is 0 Å². The third kappa shape index (κ3) is 5.60. The predicted octanol–water partition coefficient (Wildman–Crippen LogP) is 3.51. The molecule has 0 saturated heterocycles. The van der Waals surface area contributed by atoms with Crippen LogP contribution in [0.5, 0.6) is 17.2 Å². The maximum Gasteiger partial charge on any atom is 0.328 e. The van der Waals surface area contributed by atoms with Crippen molar-refractivity contribution in [3.8, 4) is 17.2 Å². The molecule has 0 fully saturated rings. The molecule has 2 rings (SSSR count). The standard InChI is InChI=1S/C18H17NO7/c1-24-10-11-25-16-6-2-13(3-9-18(20)21)17(12-16)26-15-7-4-14(5-8-15)19(22)23/h2-9,12H,10-11H2,1H3,(H,20,21). The Balaban J connectivity index is 2.27. The highest BCUT2D eigenvalue weighted by molar-refractivity contribution is 5.86. The van der Waals surface area contributed by atoms with E-state index in [1.807, 2.05) is 0 Å². The molecule has 2 aromatic rings. The Labute approximate surface area is 149 Å². The van der Waals surface area contributed by atoms with Gasteiger partial charge in [0, 0.05) is 36.9 Å². The minimum absolute atomic E-state index is 0.0556. The van der Waals surface area contributed by atoms with Crippen LogP contribution in [-0.2, 0) is 9.53 Å². The lowest BCUT2D eigenvalue weighted by molar-refractivity contribution is -0.384. The molecule has 0 saturated carbocycles. The minimum atomic E-state index is -1.09. The number of nitro benzene ring substituents is 1. The number of rotatable bonds is 9. The molecule has 136 valence electrons. The molecule has 0 amide bonds. The topological polar surface area (TPSA) is 108 Å². The van der Waals surface area contributed by atoms with Gasteiger partial charge in [-0.15, -0.1) is 0 Å². The number of carboxylic acid groups (broad SMARTS) is 1. The first-order chi connectivity index (χ1) is 12.5. The number of nitro groups is 1. The van der Waals surface area contributed by atoms with Crippen LogP contribution in [0.2, 0.25) is 0 Å². The Kier molecular flexibility index (Phi) is 6.69. The van der Waals surface area contributed by atoms with Crippen LogP contribution in [0.3, 0.4) is 0 Å². The first-order valence-corrected chi connectivity index (χ1v) is 7.58. The van der Waals surface area contributed by atoms with Crippen LogP contribution < -0.4 is 9.47 Å². The summed E-state index contributed by atoms with van der Waals surface area (Å²) in [5.41, 5.74) is 0.463. The fourth-order valence-electron chi connectivity index (χ4n) is 2.00. The number of benzene rings is 2. The molecule has 26 heavy (non-hydrogen) atoms. The zero-order valence-corrected chi connectivity index (χ0v) is 14.0. The van der Waals surface area contributed by atoms with E-state index in [9.17, 15) is 14.9 Å².